The third-order valence-corrected chi connectivity index (χ3v) is 4.78. The summed E-state index contributed by atoms with van der Waals surface area (Å²) >= 11 is 0. The van der Waals surface area contributed by atoms with Crippen LogP contribution in [0.25, 0.3) is 0 Å². The predicted molar refractivity (Wildman–Crippen MR) is 83.6 cm³/mol. The summed E-state index contributed by atoms with van der Waals surface area (Å²) in [4.78, 5) is 0. The summed E-state index contributed by atoms with van der Waals surface area (Å²) in [6.07, 6.45) is 9.41. The number of unbranched alkanes of at least 4 members (excludes halogenated alkanes) is 1. The Morgan fingerprint density at radius 1 is 1.26 bits per heavy atom. The molecule has 0 aromatic heterocycles. The fourth-order valence-electron chi connectivity index (χ4n) is 3.35. The number of hydrogen-bond acceptors (Lipinski definition) is 2. The maximum absolute atomic E-state index is 6.24. The molecule has 2 heteroatoms. The minimum Gasteiger partial charge on any atom is -0.372 e. The maximum Gasteiger partial charge on any atom is 0.0631 e. The third-order valence-electron chi connectivity index (χ3n) is 4.78. The van der Waals surface area contributed by atoms with Gasteiger partial charge in [-0.3, -0.25) is 0 Å². The zero-order chi connectivity index (χ0) is 14.4. The highest BCUT2D eigenvalue weighted by Crippen LogP contribution is 2.40. The van der Waals surface area contributed by atoms with E-state index in [-0.39, 0.29) is 5.60 Å². The molecule has 0 saturated carbocycles. The van der Waals surface area contributed by atoms with Gasteiger partial charge in [0.1, 0.15) is 0 Å². The van der Waals surface area contributed by atoms with Crippen LogP contribution in [0, 0.1) is 5.41 Å². The van der Waals surface area contributed by atoms with Gasteiger partial charge in [0.05, 0.1) is 11.7 Å². The van der Waals surface area contributed by atoms with Crippen molar-refractivity contribution in [3.63, 3.8) is 0 Å². The van der Waals surface area contributed by atoms with Crippen molar-refractivity contribution in [2.45, 2.75) is 91.3 Å². The molecule has 1 heterocycles. The van der Waals surface area contributed by atoms with E-state index < -0.39 is 0 Å². The van der Waals surface area contributed by atoms with E-state index in [1.807, 2.05) is 0 Å². The molecule has 2 nitrogen and oxygen atoms in total. The van der Waals surface area contributed by atoms with Crippen LogP contribution in [-0.2, 0) is 4.74 Å². The summed E-state index contributed by atoms with van der Waals surface area (Å²) < 4.78 is 6.24. The molecule has 2 unspecified atom stereocenters. The Bertz CT molecular complexity index is 242. The topological polar surface area (TPSA) is 21.3 Å². The standard InChI is InChI=1S/C17H35NO/c1-6-9-11-17(7-2,14-18-8-3)13-15-10-12-16(4,5)19-15/h15,18H,6-14H2,1-5H3. The molecule has 0 bridgehead atoms. The lowest BCUT2D eigenvalue weighted by Gasteiger charge is -2.36. The predicted octanol–water partition coefficient (Wildman–Crippen LogP) is 4.53. The van der Waals surface area contributed by atoms with Crippen LogP contribution in [0.15, 0.2) is 0 Å². The summed E-state index contributed by atoms with van der Waals surface area (Å²) in [5.41, 5.74) is 0.546. The summed E-state index contributed by atoms with van der Waals surface area (Å²) in [5.74, 6) is 0. The van der Waals surface area contributed by atoms with Crippen molar-refractivity contribution in [1.82, 2.24) is 5.32 Å². The number of hydrogen-bond donors (Lipinski definition) is 1. The van der Waals surface area contributed by atoms with Crippen molar-refractivity contribution in [2.24, 2.45) is 5.41 Å². The zero-order valence-corrected chi connectivity index (χ0v) is 13.8. The molecule has 0 radical (unpaired) electrons. The Balaban J connectivity index is 2.61. The smallest absolute Gasteiger partial charge is 0.0631 e. The molecule has 1 aliphatic rings. The van der Waals surface area contributed by atoms with Gasteiger partial charge in [-0.1, -0.05) is 33.6 Å². The van der Waals surface area contributed by atoms with E-state index >= 15 is 0 Å². The lowest BCUT2D eigenvalue weighted by molar-refractivity contribution is -0.0377. The molecule has 1 aliphatic heterocycles. The van der Waals surface area contributed by atoms with Crippen molar-refractivity contribution in [2.75, 3.05) is 13.1 Å². The molecule has 1 N–H and O–H groups in total. The average molecular weight is 269 g/mol. The molecule has 0 aliphatic carbocycles. The van der Waals surface area contributed by atoms with Crippen molar-refractivity contribution in [3.8, 4) is 0 Å². The van der Waals surface area contributed by atoms with Gasteiger partial charge in [0.15, 0.2) is 0 Å². The Kier molecular flexibility index (Phi) is 6.82. The van der Waals surface area contributed by atoms with Crippen LogP contribution >= 0.6 is 0 Å². The summed E-state index contributed by atoms with van der Waals surface area (Å²) in [7, 11) is 0. The molecular weight excluding hydrogens is 234 g/mol. The highest BCUT2D eigenvalue weighted by atomic mass is 16.5. The molecule has 19 heavy (non-hydrogen) atoms. The van der Waals surface area contributed by atoms with Crippen molar-refractivity contribution >= 4 is 0 Å². The van der Waals surface area contributed by atoms with Crippen molar-refractivity contribution in [3.05, 3.63) is 0 Å². The summed E-state index contributed by atoms with van der Waals surface area (Å²) in [5, 5.41) is 3.59. The van der Waals surface area contributed by atoms with Crippen LogP contribution in [0.2, 0.25) is 0 Å². The molecule has 1 rings (SSSR count). The van der Waals surface area contributed by atoms with Gasteiger partial charge in [0.25, 0.3) is 0 Å². The van der Waals surface area contributed by atoms with Gasteiger partial charge in [0, 0.05) is 6.54 Å². The number of rotatable bonds is 9. The number of ether oxygens (including phenoxy) is 1. The van der Waals surface area contributed by atoms with Gasteiger partial charge in [-0.15, -0.1) is 0 Å². The van der Waals surface area contributed by atoms with Gasteiger partial charge in [0.2, 0.25) is 0 Å². The number of nitrogens with one attached hydrogen (secondary N) is 1. The highest BCUT2D eigenvalue weighted by Gasteiger charge is 2.37. The minimum absolute atomic E-state index is 0.104. The Morgan fingerprint density at radius 2 is 2.00 bits per heavy atom. The monoisotopic (exact) mass is 269 g/mol. The van der Waals surface area contributed by atoms with Gasteiger partial charge in [-0.05, 0) is 57.9 Å². The van der Waals surface area contributed by atoms with Gasteiger partial charge in [-0.25, -0.2) is 0 Å². The van der Waals surface area contributed by atoms with Gasteiger partial charge in [-0.2, -0.15) is 0 Å². The van der Waals surface area contributed by atoms with Crippen LogP contribution in [0.3, 0.4) is 0 Å². The quantitative estimate of drug-likeness (QED) is 0.664. The van der Waals surface area contributed by atoms with Crippen LogP contribution in [0.5, 0.6) is 0 Å². The van der Waals surface area contributed by atoms with Crippen LogP contribution in [-0.4, -0.2) is 24.8 Å². The molecule has 0 aromatic rings. The van der Waals surface area contributed by atoms with Gasteiger partial charge < -0.3 is 10.1 Å². The summed E-state index contributed by atoms with van der Waals surface area (Å²) in [6.45, 7) is 13.5. The first kappa shape index (κ1) is 17.0. The second-order valence-corrected chi connectivity index (χ2v) is 6.98. The van der Waals surface area contributed by atoms with E-state index in [1.165, 1.54) is 44.9 Å². The van der Waals surface area contributed by atoms with Gasteiger partial charge >= 0.3 is 0 Å². The first-order valence-corrected chi connectivity index (χ1v) is 8.35. The molecule has 0 aromatic carbocycles. The first-order chi connectivity index (χ1) is 8.97. The molecule has 114 valence electrons. The van der Waals surface area contributed by atoms with E-state index in [0.717, 1.165) is 13.1 Å². The zero-order valence-electron chi connectivity index (χ0n) is 13.8. The Labute approximate surface area is 120 Å². The van der Waals surface area contributed by atoms with Crippen LogP contribution < -0.4 is 5.32 Å². The lowest BCUT2D eigenvalue weighted by atomic mass is 9.75. The largest absolute Gasteiger partial charge is 0.372 e. The Morgan fingerprint density at radius 3 is 2.47 bits per heavy atom. The lowest BCUT2D eigenvalue weighted by Crippen LogP contribution is -2.37. The van der Waals surface area contributed by atoms with Crippen molar-refractivity contribution in [1.29, 1.82) is 0 Å². The van der Waals surface area contributed by atoms with E-state index in [9.17, 15) is 0 Å². The molecule has 2 atom stereocenters. The molecule has 1 saturated heterocycles. The first-order valence-electron chi connectivity index (χ1n) is 8.35. The minimum atomic E-state index is 0.104. The van der Waals surface area contributed by atoms with E-state index in [1.54, 1.807) is 0 Å². The SMILES string of the molecule is CCCCC(CC)(CNCC)CC1CCC(C)(C)O1. The van der Waals surface area contributed by atoms with Crippen LogP contribution in [0.4, 0.5) is 0 Å². The average Bonchev–Trinajstić information content (AvgIpc) is 2.72. The molecular formula is C17H35NO. The van der Waals surface area contributed by atoms with E-state index in [2.05, 4.69) is 39.9 Å². The van der Waals surface area contributed by atoms with Crippen LogP contribution in [0.1, 0.15) is 79.6 Å². The second-order valence-electron chi connectivity index (χ2n) is 6.98. The maximum atomic E-state index is 6.24. The normalized spacial score (nSPS) is 25.4. The fourth-order valence-corrected chi connectivity index (χ4v) is 3.35. The second kappa shape index (κ2) is 7.64. The van der Waals surface area contributed by atoms with E-state index in [0.29, 0.717) is 11.5 Å². The fraction of sp³-hybridized carbons (Fsp3) is 1.00. The third kappa shape index (κ3) is 5.43. The van der Waals surface area contributed by atoms with Crippen molar-refractivity contribution < 1.29 is 4.74 Å². The molecule has 1 fully saturated rings. The Hall–Kier alpha value is -0.0800. The highest BCUT2D eigenvalue weighted by molar-refractivity contribution is 4.88. The molecule has 0 amide bonds. The van der Waals surface area contributed by atoms with E-state index in [4.69, 9.17) is 4.74 Å². The molecule has 0 spiro atoms. The summed E-state index contributed by atoms with van der Waals surface area (Å²) in [6, 6.07) is 0.